The number of halogens is 3. The number of amides is 1. The number of nitrogens with two attached hydrogens (primary N) is 1. The van der Waals surface area contributed by atoms with E-state index < -0.39 is 12.0 Å². The van der Waals surface area contributed by atoms with Crippen molar-refractivity contribution in [3.63, 3.8) is 0 Å². The van der Waals surface area contributed by atoms with Crippen LogP contribution in [0, 0.1) is 0 Å². The molecular formula is C19H23Cl2IN4O2. The Kier molecular flexibility index (Phi) is 10.6. The highest BCUT2D eigenvalue weighted by molar-refractivity contribution is 14.0. The molecule has 0 heterocycles. The topological polar surface area (TPSA) is 99.7 Å². The molecule has 28 heavy (non-hydrogen) atoms. The number of aliphatic hydroxyl groups is 1. The molecule has 0 aliphatic heterocycles. The second-order valence-corrected chi connectivity index (χ2v) is 6.73. The molecule has 5 N–H and O–H groups in total. The van der Waals surface area contributed by atoms with Gasteiger partial charge in [0.25, 0.3) is 0 Å². The summed E-state index contributed by atoms with van der Waals surface area (Å²) in [5, 5.41) is 17.5. The second kappa shape index (κ2) is 12.1. The molecule has 0 saturated heterocycles. The maximum Gasteiger partial charge on any atom is 0.248 e. The summed E-state index contributed by atoms with van der Waals surface area (Å²) in [7, 11) is 0. The third-order valence-corrected chi connectivity index (χ3v) is 4.14. The Labute approximate surface area is 191 Å². The third kappa shape index (κ3) is 7.83. The maximum atomic E-state index is 11.3. The third-order valence-electron chi connectivity index (χ3n) is 3.71. The highest BCUT2D eigenvalue weighted by atomic mass is 127. The van der Waals surface area contributed by atoms with E-state index in [0.717, 1.165) is 5.56 Å². The molecule has 2 rings (SSSR count). The highest BCUT2D eigenvalue weighted by Crippen LogP contribution is 2.23. The van der Waals surface area contributed by atoms with E-state index in [4.69, 9.17) is 28.9 Å². The van der Waals surface area contributed by atoms with Crippen LogP contribution in [0.15, 0.2) is 47.5 Å². The Morgan fingerprint density at radius 3 is 2.46 bits per heavy atom. The average Bonchev–Trinajstić information content (AvgIpc) is 2.63. The Morgan fingerprint density at radius 2 is 1.86 bits per heavy atom. The summed E-state index contributed by atoms with van der Waals surface area (Å²) in [5.41, 5.74) is 7.20. The van der Waals surface area contributed by atoms with Gasteiger partial charge in [0.2, 0.25) is 5.91 Å². The standard InChI is InChI=1S/C19H22Cl2N4O2.HI/c1-2-23-19(24-10-12-4-3-5-13(6-12)18(22)27)25-11-17(26)14-7-15(20)9-16(21)8-14;/h3-9,17,26H,2,10-11H2,1H3,(H2,22,27)(H2,23,24,25);1H. The van der Waals surface area contributed by atoms with E-state index in [9.17, 15) is 9.90 Å². The van der Waals surface area contributed by atoms with E-state index in [2.05, 4.69) is 15.6 Å². The van der Waals surface area contributed by atoms with Gasteiger partial charge < -0.3 is 21.5 Å². The predicted molar refractivity (Wildman–Crippen MR) is 125 cm³/mol. The molecule has 0 spiro atoms. The number of rotatable bonds is 7. The number of primary amides is 1. The molecule has 0 bridgehead atoms. The van der Waals surface area contributed by atoms with Crippen LogP contribution in [0.3, 0.4) is 0 Å². The summed E-state index contributed by atoms with van der Waals surface area (Å²) < 4.78 is 0. The van der Waals surface area contributed by atoms with Crippen LogP contribution < -0.4 is 16.4 Å². The first kappa shape index (κ1) is 24.5. The Balaban J connectivity index is 0.00000392. The Bertz CT molecular complexity index is 813. The zero-order valence-electron chi connectivity index (χ0n) is 15.3. The zero-order valence-corrected chi connectivity index (χ0v) is 19.1. The van der Waals surface area contributed by atoms with Gasteiger partial charge in [-0.1, -0.05) is 35.3 Å². The van der Waals surface area contributed by atoms with Gasteiger partial charge in [0.15, 0.2) is 5.96 Å². The van der Waals surface area contributed by atoms with Crippen molar-refractivity contribution >= 4 is 59.0 Å². The SMILES string of the molecule is CCNC(=NCc1cccc(C(N)=O)c1)NCC(O)c1cc(Cl)cc(Cl)c1.I. The lowest BCUT2D eigenvalue weighted by Gasteiger charge is -2.16. The number of hydrogen-bond acceptors (Lipinski definition) is 3. The highest BCUT2D eigenvalue weighted by Gasteiger charge is 2.10. The van der Waals surface area contributed by atoms with Gasteiger partial charge in [0, 0.05) is 28.7 Å². The van der Waals surface area contributed by atoms with E-state index >= 15 is 0 Å². The quantitative estimate of drug-likeness (QED) is 0.247. The van der Waals surface area contributed by atoms with Gasteiger partial charge in [-0.2, -0.15) is 0 Å². The van der Waals surface area contributed by atoms with Crippen LogP contribution in [0.5, 0.6) is 0 Å². The molecule has 2 aromatic carbocycles. The van der Waals surface area contributed by atoms with Crippen molar-refractivity contribution in [2.45, 2.75) is 19.6 Å². The number of carbonyl (C=O) groups excluding carboxylic acids is 1. The van der Waals surface area contributed by atoms with Crippen molar-refractivity contribution < 1.29 is 9.90 Å². The molecule has 0 radical (unpaired) electrons. The van der Waals surface area contributed by atoms with Gasteiger partial charge in [0.1, 0.15) is 0 Å². The van der Waals surface area contributed by atoms with Crippen molar-refractivity contribution in [1.29, 1.82) is 0 Å². The van der Waals surface area contributed by atoms with E-state index in [1.165, 1.54) is 0 Å². The van der Waals surface area contributed by atoms with Crippen molar-refractivity contribution in [2.24, 2.45) is 10.7 Å². The summed E-state index contributed by atoms with van der Waals surface area (Å²) in [6, 6.07) is 11.9. The summed E-state index contributed by atoms with van der Waals surface area (Å²) in [6.07, 6.45) is -0.803. The monoisotopic (exact) mass is 536 g/mol. The fourth-order valence-corrected chi connectivity index (χ4v) is 2.96. The van der Waals surface area contributed by atoms with Gasteiger partial charge in [-0.15, -0.1) is 24.0 Å². The van der Waals surface area contributed by atoms with Gasteiger partial charge in [-0.25, -0.2) is 4.99 Å². The molecule has 1 atom stereocenters. The van der Waals surface area contributed by atoms with E-state index in [1.807, 2.05) is 13.0 Å². The van der Waals surface area contributed by atoms with Gasteiger partial charge in [-0.05, 0) is 48.4 Å². The number of benzene rings is 2. The van der Waals surface area contributed by atoms with Crippen LogP contribution in [0.4, 0.5) is 0 Å². The van der Waals surface area contributed by atoms with Crippen LogP contribution in [0.1, 0.15) is 34.5 Å². The predicted octanol–water partition coefficient (Wildman–Crippen LogP) is 3.50. The molecule has 152 valence electrons. The fraction of sp³-hybridized carbons (Fsp3) is 0.263. The molecule has 0 fully saturated rings. The first-order chi connectivity index (χ1) is 12.9. The van der Waals surface area contributed by atoms with Crippen LogP contribution in [0.25, 0.3) is 0 Å². The molecule has 1 amide bonds. The summed E-state index contributed by atoms with van der Waals surface area (Å²) >= 11 is 11.9. The molecule has 9 heteroatoms. The molecule has 0 saturated carbocycles. The second-order valence-electron chi connectivity index (χ2n) is 5.86. The van der Waals surface area contributed by atoms with Crippen LogP contribution in [-0.2, 0) is 6.54 Å². The number of hydrogen-bond donors (Lipinski definition) is 4. The lowest BCUT2D eigenvalue weighted by Crippen LogP contribution is -2.39. The maximum absolute atomic E-state index is 11.3. The van der Waals surface area contributed by atoms with Crippen LogP contribution in [-0.4, -0.2) is 30.1 Å². The first-order valence-electron chi connectivity index (χ1n) is 8.44. The fourth-order valence-electron chi connectivity index (χ4n) is 2.41. The Hall–Kier alpha value is -1.55. The van der Waals surface area contributed by atoms with Crippen molar-refractivity contribution in [1.82, 2.24) is 10.6 Å². The Morgan fingerprint density at radius 1 is 1.18 bits per heavy atom. The van der Waals surface area contributed by atoms with Gasteiger partial charge >= 0.3 is 0 Å². The largest absolute Gasteiger partial charge is 0.387 e. The minimum absolute atomic E-state index is 0. The average molecular weight is 537 g/mol. The molecule has 0 aliphatic rings. The molecular weight excluding hydrogens is 514 g/mol. The minimum Gasteiger partial charge on any atom is -0.387 e. The molecule has 2 aromatic rings. The zero-order chi connectivity index (χ0) is 19.8. The molecule has 6 nitrogen and oxygen atoms in total. The summed E-state index contributed by atoms with van der Waals surface area (Å²) in [6.45, 7) is 3.18. The number of nitrogens with one attached hydrogen (secondary N) is 2. The van der Waals surface area contributed by atoms with Crippen molar-refractivity contribution in [2.75, 3.05) is 13.1 Å². The summed E-state index contributed by atoms with van der Waals surface area (Å²) in [4.78, 5) is 15.7. The van der Waals surface area contributed by atoms with Gasteiger partial charge in [-0.3, -0.25) is 4.79 Å². The van der Waals surface area contributed by atoms with E-state index in [0.29, 0.717) is 40.2 Å². The van der Waals surface area contributed by atoms with E-state index in [-0.39, 0.29) is 30.5 Å². The number of aliphatic imine (C=N–C) groups is 1. The lowest BCUT2D eigenvalue weighted by atomic mass is 10.1. The van der Waals surface area contributed by atoms with Crippen molar-refractivity contribution in [3.05, 3.63) is 69.2 Å². The van der Waals surface area contributed by atoms with E-state index in [1.54, 1.807) is 36.4 Å². The smallest absolute Gasteiger partial charge is 0.248 e. The number of nitrogens with zero attached hydrogens (tertiary/aromatic N) is 1. The van der Waals surface area contributed by atoms with Crippen LogP contribution in [0.2, 0.25) is 10.0 Å². The number of aliphatic hydroxyl groups excluding tert-OH is 1. The normalized spacial score (nSPS) is 12.1. The molecule has 1 unspecified atom stereocenters. The number of carbonyl (C=O) groups is 1. The van der Waals surface area contributed by atoms with Crippen molar-refractivity contribution in [3.8, 4) is 0 Å². The number of guanidine groups is 1. The lowest BCUT2D eigenvalue weighted by molar-refractivity contribution is 0.1000. The summed E-state index contributed by atoms with van der Waals surface area (Å²) in [5.74, 6) is 0.0586. The molecule has 0 aromatic heterocycles. The minimum atomic E-state index is -0.803. The van der Waals surface area contributed by atoms with Crippen LogP contribution >= 0.6 is 47.2 Å². The first-order valence-corrected chi connectivity index (χ1v) is 9.19. The van der Waals surface area contributed by atoms with Gasteiger partial charge in [0.05, 0.1) is 12.6 Å². The molecule has 0 aliphatic carbocycles.